The summed E-state index contributed by atoms with van der Waals surface area (Å²) < 4.78 is 18.3. The smallest absolute Gasteiger partial charge is 0.258 e. The Balaban J connectivity index is 2.04. The van der Waals surface area contributed by atoms with E-state index in [0.717, 1.165) is 19.0 Å². The van der Waals surface area contributed by atoms with Gasteiger partial charge in [0.25, 0.3) is 11.8 Å². The van der Waals surface area contributed by atoms with E-state index in [4.69, 9.17) is 4.42 Å². The molecule has 1 heterocycles. The summed E-state index contributed by atoms with van der Waals surface area (Å²) in [4.78, 5) is 24.3. The van der Waals surface area contributed by atoms with Crippen LogP contribution in [0, 0.1) is 5.82 Å². The van der Waals surface area contributed by atoms with Crippen molar-refractivity contribution in [2.45, 2.75) is 13.3 Å². The van der Waals surface area contributed by atoms with E-state index in [1.165, 1.54) is 30.7 Å². The van der Waals surface area contributed by atoms with E-state index >= 15 is 0 Å². The number of benzene rings is 1. The van der Waals surface area contributed by atoms with Gasteiger partial charge in [0, 0.05) is 13.1 Å². The summed E-state index contributed by atoms with van der Waals surface area (Å²) >= 11 is 0. The third-order valence-corrected chi connectivity index (χ3v) is 3.27. The Kier molecular flexibility index (Phi) is 6.51. The van der Waals surface area contributed by atoms with Gasteiger partial charge in [-0.2, -0.15) is 0 Å². The SMILES string of the molecule is CCCNCCNC(=O)c1ccc(F)cc1NC(=O)c1ccoc1. The lowest BCUT2D eigenvalue weighted by molar-refractivity contribution is 0.0955. The van der Waals surface area contributed by atoms with Crippen LogP contribution in [0.25, 0.3) is 0 Å². The summed E-state index contributed by atoms with van der Waals surface area (Å²) in [6.45, 7) is 4.00. The minimum Gasteiger partial charge on any atom is -0.472 e. The van der Waals surface area contributed by atoms with Crippen molar-refractivity contribution in [1.29, 1.82) is 0 Å². The number of hydrogen-bond acceptors (Lipinski definition) is 4. The molecule has 0 fully saturated rings. The molecule has 0 aliphatic rings. The highest BCUT2D eigenvalue weighted by atomic mass is 19.1. The molecule has 0 saturated carbocycles. The summed E-state index contributed by atoms with van der Waals surface area (Å²) in [6.07, 6.45) is 3.64. The van der Waals surface area contributed by atoms with Crippen LogP contribution in [-0.2, 0) is 0 Å². The first kappa shape index (κ1) is 17.7. The standard InChI is InChI=1S/C17H20FN3O3/c1-2-6-19-7-8-20-17(23)14-4-3-13(18)10-15(14)21-16(22)12-5-9-24-11-12/h3-5,9-11,19H,2,6-8H2,1H3,(H,20,23)(H,21,22). The van der Waals surface area contributed by atoms with E-state index in [2.05, 4.69) is 22.9 Å². The maximum Gasteiger partial charge on any atom is 0.258 e. The molecule has 128 valence electrons. The van der Waals surface area contributed by atoms with Crippen LogP contribution >= 0.6 is 0 Å². The molecule has 7 heteroatoms. The second-order valence-corrected chi connectivity index (χ2v) is 5.16. The molecule has 0 bridgehead atoms. The average molecular weight is 333 g/mol. The molecule has 2 amide bonds. The van der Waals surface area contributed by atoms with E-state index < -0.39 is 11.7 Å². The molecule has 0 spiro atoms. The highest BCUT2D eigenvalue weighted by molar-refractivity contribution is 6.08. The van der Waals surface area contributed by atoms with Crippen molar-refractivity contribution in [1.82, 2.24) is 10.6 Å². The summed E-state index contributed by atoms with van der Waals surface area (Å²) in [6, 6.07) is 5.11. The second-order valence-electron chi connectivity index (χ2n) is 5.16. The number of halogens is 1. The number of nitrogens with one attached hydrogen (secondary N) is 3. The third kappa shape index (κ3) is 4.92. The normalized spacial score (nSPS) is 10.4. The first-order valence-corrected chi connectivity index (χ1v) is 7.74. The quantitative estimate of drug-likeness (QED) is 0.648. The van der Waals surface area contributed by atoms with Gasteiger partial charge in [0.05, 0.1) is 23.1 Å². The van der Waals surface area contributed by atoms with E-state index in [-0.39, 0.29) is 22.7 Å². The van der Waals surface area contributed by atoms with Gasteiger partial charge in [-0.05, 0) is 37.2 Å². The molecule has 0 atom stereocenters. The maximum absolute atomic E-state index is 13.5. The Morgan fingerprint density at radius 1 is 1.12 bits per heavy atom. The lowest BCUT2D eigenvalue weighted by atomic mass is 10.1. The molecule has 1 aromatic carbocycles. The largest absolute Gasteiger partial charge is 0.472 e. The number of anilines is 1. The average Bonchev–Trinajstić information content (AvgIpc) is 3.09. The minimum absolute atomic E-state index is 0.111. The molecule has 6 nitrogen and oxygen atoms in total. The Labute approximate surface area is 139 Å². The summed E-state index contributed by atoms with van der Waals surface area (Å²) in [5, 5.41) is 8.42. The minimum atomic E-state index is -0.543. The highest BCUT2D eigenvalue weighted by Crippen LogP contribution is 2.18. The van der Waals surface area contributed by atoms with Gasteiger partial charge in [-0.15, -0.1) is 0 Å². The predicted octanol–water partition coefficient (Wildman–Crippen LogP) is 2.40. The van der Waals surface area contributed by atoms with Crippen LogP contribution in [-0.4, -0.2) is 31.4 Å². The second kappa shape index (κ2) is 8.83. The Morgan fingerprint density at radius 3 is 2.67 bits per heavy atom. The van der Waals surface area contributed by atoms with Crippen LogP contribution in [0.1, 0.15) is 34.1 Å². The number of hydrogen-bond donors (Lipinski definition) is 3. The summed E-state index contributed by atoms with van der Waals surface area (Å²) in [5.74, 6) is -1.40. The molecule has 0 saturated heterocycles. The van der Waals surface area contributed by atoms with Crippen molar-refractivity contribution in [3.05, 3.63) is 53.7 Å². The van der Waals surface area contributed by atoms with Crippen LogP contribution in [0.15, 0.2) is 41.2 Å². The number of carbonyl (C=O) groups excluding carboxylic acids is 2. The first-order chi connectivity index (χ1) is 11.6. The predicted molar refractivity (Wildman–Crippen MR) is 88.6 cm³/mol. The molecule has 0 unspecified atom stereocenters. The molecule has 0 aliphatic heterocycles. The van der Waals surface area contributed by atoms with Crippen molar-refractivity contribution in [3.63, 3.8) is 0 Å². The van der Waals surface area contributed by atoms with Crippen LogP contribution in [0.3, 0.4) is 0 Å². The monoisotopic (exact) mass is 333 g/mol. The van der Waals surface area contributed by atoms with E-state index in [0.29, 0.717) is 13.1 Å². The number of carbonyl (C=O) groups is 2. The van der Waals surface area contributed by atoms with Gasteiger partial charge < -0.3 is 20.4 Å². The summed E-state index contributed by atoms with van der Waals surface area (Å²) in [5.41, 5.74) is 0.596. The fourth-order valence-electron chi connectivity index (χ4n) is 2.07. The molecular weight excluding hydrogens is 313 g/mol. The number of rotatable bonds is 8. The molecule has 0 aliphatic carbocycles. The molecular formula is C17H20FN3O3. The lowest BCUT2D eigenvalue weighted by Gasteiger charge is -2.11. The van der Waals surface area contributed by atoms with Gasteiger partial charge in [-0.1, -0.05) is 6.92 Å². The van der Waals surface area contributed by atoms with Crippen LogP contribution < -0.4 is 16.0 Å². The van der Waals surface area contributed by atoms with Gasteiger partial charge in [-0.3, -0.25) is 9.59 Å². The fraction of sp³-hybridized carbons (Fsp3) is 0.294. The molecule has 24 heavy (non-hydrogen) atoms. The van der Waals surface area contributed by atoms with Crippen molar-refractivity contribution in [2.75, 3.05) is 25.0 Å². The van der Waals surface area contributed by atoms with Gasteiger partial charge >= 0.3 is 0 Å². The van der Waals surface area contributed by atoms with Gasteiger partial charge in [0.2, 0.25) is 0 Å². The zero-order valence-electron chi connectivity index (χ0n) is 13.4. The zero-order chi connectivity index (χ0) is 17.4. The van der Waals surface area contributed by atoms with Gasteiger partial charge in [0.15, 0.2) is 0 Å². The van der Waals surface area contributed by atoms with Crippen molar-refractivity contribution in [2.24, 2.45) is 0 Å². The van der Waals surface area contributed by atoms with Gasteiger partial charge in [0.1, 0.15) is 12.1 Å². The first-order valence-electron chi connectivity index (χ1n) is 7.74. The number of amides is 2. The van der Waals surface area contributed by atoms with Crippen LogP contribution in [0.4, 0.5) is 10.1 Å². The van der Waals surface area contributed by atoms with Gasteiger partial charge in [-0.25, -0.2) is 4.39 Å². The summed E-state index contributed by atoms with van der Waals surface area (Å²) in [7, 11) is 0. The van der Waals surface area contributed by atoms with E-state index in [1.54, 1.807) is 0 Å². The topological polar surface area (TPSA) is 83.4 Å². The number of furan rings is 1. The maximum atomic E-state index is 13.5. The highest BCUT2D eigenvalue weighted by Gasteiger charge is 2.15. The fourth-order valence-corrected chi connectivity index (χ4v) is 2.07. The van der Waals surface area contributed by atoms with Crippen LogP contribution in [0.2, 0.25) is 0 Å². The molecule has 1 aromatic heterocycles. The Morgan fingerprint density at radius 2 is 1.96 bits per heavy atom. The Hall–Kier alpha value is -2.67. The third-order valence-electron chi connectivity index (χ3n) is 3.27. The van der Waals surface area contributed by atoms with Crippen molar-refractivity contribution < 1.29 is 18.4 Å². The lowest BCUT2D eigenvalue weighted by Crippen LogP contribution is -2.32. The zero-order valence-corrected chi connectivity index (χ0v) is 13.4. The van der Waals surface area contributed by atoms with E-state index in [9.17, 15) is 14.0 Å². The van der Waals surface area contributed by atoms with Crippen molar-refractivity contribution >= 4 is 17.5 Å². The van der Waals surface area contributed by atoms with E-state index in [1.807, 2.05) is 0 Å². The van der Waals surface area contributed by atoms with Crippen molar-refractivity contribution in [3.8, 4) is 0 Å². The molecule has 0 radical (unpaired) electrons. The molecule has 2 aromatic rings. The molecule has 2 rings (SSSR count). The Bertz CT molecular complexity index is 686. The van der Waals surface area contributed by atoms with Crippen LogP contribution in [0.5, 0.6) is 0 Å². The molecule has 3 N–H and O–H groups in total.